The molecule has 9 heteroatoms. The van der Waals surface area contributed by atoms with E-state index in [0.29, 0.717) is 54.9 Å². The van der Waals surface area contributed by atoms with Gasteiger partial charge in [0.15, 0.2) is 0 Å². The molecule has 2 amide bonds. The van der Waals surface area contributed by atoms with E-state index in [1.54, 1.807) is 30.3 Å². The predicted molar refractivity (Wildman–Crippen MR) is 135 cm³/mol. The lowest BCUT2D eigenvalue weighted by Crippen LogP contribution is -2.40. The quantitative estimate of drug-likeness (QED) is 0.496. The van der Waals surface area contributed by atoms with Crippen LogP contribution in [0.25, 0.3) is 11.1 Å². The first-order valence-electron chi connectivity index (χ1n) is 12.0. The van der Waals surface area contributed by atoms with Crippen LogP contribution < -0.4 is 10.1 Å². The normalized spacial score (nSPS) is 16.0. The second-order valence-electron chi connectivity index (χ2n) is 8.83. The van der Waals surface area contributed by atoms with Gasteiger partial charge in [-0.1, -0.05) is 30.3 Å². The van der Waals surface area contributed by atoms with E-state index in [-0.39, 0.29) is 23.5 Å². The molecule has 4 rings (SSSR count). The highest BCUT2D eigenvalue weighted by molar-refractivity contribution is 6.09. The highest BCUT2D eigenvalue weighted by Crippen LogP contribution is 2.32. The van der Waals surface area contributed by atoms with Crippen LogP contribution in [-0.2, 0) is 9.59 Å². The molecular weight excluding hydrogens is 483 g/mol. The number of likely N-dealkylation sites (tertiary alicyclic amines) is 1. The molecule has 192 valence electrons. The highest BCUT2D eigenvalue weighted by atomic mass is 19.4. The van der Waals surface area contributed by atoms with Gasteiger partial charge in [0.05, 0.1) is 0 Å². The first-order valence-corrected chi connectivity index (χ1v) is 12.0. The van der Waals surface area contributed by atoms with Gasteiger partial charge in [0, 0.05) is 55.2 Å². The van der Waals surface area contributed by atoms with Crippen molar-refractivity contribution >= 4 is 23.2 Å². The lowest BCUT2D eigenvalue weighted by molar-refractivity contribution is -0.274. The summed E-state index contributed by atoms with van der Waals surface area (Å²) in [6.45, 7) is 1.30. The number of amides is 2. The molecule has 0 bridgehead atoms. The third-order valence-corrected chi connectivity index (χ3v) is 6.38. The number of carbonyl (C=O) groups is 2. The van der Waals surface area contributed by atoms with E-state index >= 15 is 0 Å². The number of nitrogens with one attached hydrogen (secondary N) is 1. The minimum Gasteiger partial charge on any atom is -0.406 e. The molecule has 2 aromatic rings. The average molecular weight is 510 g/mol. The number of alkyl halides is 3. The summed E-state index contributed by atoms with van der Waals surface area (Å²) in [7, 11) is 0. The van der Waals surface area contributed by atoms with Gasteiger partial charge in [0.1, 0.15) is 11.4 Å². The van der Waals surface area contributed by atoms with Crippen LogP contribution >= 0.6 is 0 Å². The van der Waals surface area contributed by atoms with Crippen LogP contribution in [0.15, 0.2) is 65.3 Å². The molecule has 0 atom stereocenters. The number of halogens is 3. The summed E-state index contributed by atoms with van der Waals surface area (Å²) >= 11 is 0. The van der Waals surface area contributed by atoms with Crippen molar-refractivity contribution < 1.29 is 27.5 Å². The molecule has 0 radical (unpaired) electrons. The Balaban J connectivity index is 1.38. The van der Waals surface area contributed by atoms with Crippen molar-refractivity contribution in [1.82, 2.24) is 4.90 Å². The number of piperidine rings is 1. The molecule has 1 saturated heterocycles. The molecule has 2 aromatic carbocycles. The third kappa shape index (κ3) is 6.79. The Kier molecular flexibility index (Phi) is 7.97. The number of rotatable bonds is 7. The zero-order chi connectivity index (χ0) is 26.4. The number of hydrogen-bond acceptors (Lipinski definition) is 4. The standard InChI is InChI=1S/C28H26F3N3O3/c1-2-3-8-26(35)34-17-15-20(16-18-34)23-13-14-25(32-23)27(36)33-24-7-5-4-6-22(24)19-9-11-21(12-10-19)37-28(29,30)31/h1,4-7,9-12,14,20H,3,8,13,15-18H2,(H,33,36). The van der Waals surface area contributed by atoms with E-state index in [1.165, 1.54) is 24.3 Å². The van der Waals surface area contributed by atoms with Gasteiger partial charge in [-0.2, -0.15) is 0 Å². The van der Waals surface area contributed by atoms with Crippen molar-refractivity contribution in [2.45, 2.75) is 38.5 Å². The van der Waals surface area contributed by atoms with Gasteiger partial charge < -0.3 is 15.0 Å². The molecular formula is C28H26F3N3O3. The Morgan fingerprint density at radius 1 is 1.11 bits per heavy atom. The molecule has 1 fully saturated rings. The molecule has 37 heavy (non-hydrogen) atoms. The smallest absolute Gasteiger partial charge is 0.406 e. The summed E-state index contributed by atoms with van der Waals surface area (Å²) in [5.41, 5.74) is 3.05. The number of hydrogen-bond donors (Lipinski definition) is 1. The molecule has 0 aromatic heterocycles. The van der Waals surface area contributed by atoms with E-state index < -0.39 is 6.36 Å². The van der Waals surface area contributed by atoms with Gasteiger partial charge in [-0.25, -0.2) is 0 Å². The molecule has 2 aliphatic heterocycles. The molecule has 2 aliphatic rings. The first-order chi connectivity index (χ1) is 17.7. The number of allylic oxidation sites excluding steroid dienone is 1. The number of para-hydroxylation sites is 1. The Morgan fingerprint density at radius 3 is 2.49 bits per heavy atom. The zero-order valence-corrected chi connectivity index (χ0v) is 20.1. The maximum Gasteiger partial charge on any atom is 0.573 e. The number of carbonyl (C=O) groups excluding carboxylic acids is 2. The Hall–Kier alpha value is -4.06. The van der Waals surface area contributed by atoms with Crippen LogP contribution in [0, 0.1) is 18.3 Å². The number of nitrogens with zero attached hydrogens (tertiary/aromatic N) is 2. The van der Waals surface area contributed by atoms with Crippen molar-refractivity contribution in [3.8, 4) is 29.2 Å². The summed E-state index contributed by atoms with van der Waals surface area (Å²) in [4.78, 5) is 31.6. The monoisotopic (exact) mass is 509 g/mol. The fraction of sp³-hybridized carbons (Fsp3) is 0.321. The maximum absolute atomic E-state index is 13.0. The molecule has 2 heterocycles. The van der Waals surface area contributed by atoms with Crippen LogP contribution in [0.5, 0.6) is 5.75 Å². The third-order valence-electron chi connectivity index (χ3n) is 6.38. The number of benzene rings is 2. The minimum absolute atomic E-state index is 0.0733. The minimum atomic E-state index is -4.77. The van der Waals surface area contributed by atoms with Crippen LogP contribution in [0.3, 0.4) is 0 Å². The second kappa shape index (κ2) is 11.3. The Labute approximate surface area is 213 Å². The number of terminal acetylenes is 1. The second-order valence-corrected chi connectivity index (χ2v) is 8.83. The van der Waals surface area contributed by atoms with Gasteiger partial charge in [0.25, 0.3) is 5.91 Å². The van der Waals surface area contributed by atoms with Gasteiger partial charge in [-0.3, -0.25) is 14.6 Å². The Morgan fingerprint density at radius 2 is 1.81 bits per heavy atom. The van der Waals surface area contributed by atoms with Crippen LogP contribution in [-0.4, -0.2) is 41.9 Å². The summed E-state index contributed by atoms with van der Waals surface area (Å²) in [6.07, 6.45) is 5.24. The predicted octanol–water partition coefficient (Wildman–Crippen LogP) is 5.57. The van der Waals surface area contributed by atoms with E-state index in [0.717, 1.165) is 18.6 Å². The fourth-order valence-electron chi connectivity index (χ4n) is 4.51. The number of anilines is 1. The number of aliphatic imine (C=N–C) groups is 1. The fourth-order valence-corrected chi connectivity index (χ4v) is 4.51. The maximum atomic E-state index is 13.0. The average Bonchev–Trinajstić information content (AvgIpc) is 3.38. The highest BCUT2D eigenvalue weighted by Gasteiger charge is 2.31. The van der Waals surface area contributed by atoms with Crippen molar-refractivity contribution in [3.05, 3.63) is 60.3 Å². The van der Waals surface area contributed by atoms with Crippen LogP contribution in [0.2, 0.25) is 0 Å². The topological polar surface area (TPSA) is 71.0 Å². The van der Waals surface area contributed by atoms with E-state index in [1.807, 2.05) is 4.90 Å². The lowest BCUT2D eigenvalue weighted by Gasteiger charge is -2.32. The molecule has 0 unspecified atom stereocenters. The van der Waals surface area contributed by atoms with Crippen LogP contribution in [0.4, 0.5) is 18.9 Å². The van der Waals surface area contributed by atoms with E-state index in [9.17, 15) is 22.8 Å². The summed E-state index contributed by atoms with van der Waals surface area (Å²) in [5, 5.41) is 2.87. The molecule has 0 aliphatic carbocycles. The van der Waals surface area contributed by atoms with Crippen molar-refractivity contribution in [2.75, 3.05) is 18.4 Å². The van der Waals surface area contributed by atoms with E-state index in [4.69, 9.17) is 6.42 Å². The summed E-state index contributed by atoms with van der Waals surface area (Å²) in [6, 6.07) is 12.5. The molecule has 1 N–H and O–H groups in total. The number of ether oxygens (including phenoxy) is 1. The summed E-state index contributed by atoms with van der Waals surface area (Å²) in [5.74, 6) is 2.10. The van der Waals surface area contributed by atoms with E-state index in [2.05, 4.69) is 21.0 Å². The van der Waals surface area contributed by atoms with Crippen molar-refractivity contribution in [1.29, 1.82) is 0 Å². The van der Waals surface area contributed by atoms with Crippen LogP contribution in [0.1, 0.15) is 32.1 Å². The first kappa shape index (κ1) is 26.0. The Bertz CT molecular complexity index is 1250. The van der Waals surface area contributed by atoms with Gasteiger partial charge >= 0.3 is 6.36 Å². The lowest BCUT2D eigenvalue weighted by atomic mass is 9.90. The SMILES string of the molecule is C#CCCC(=O)N1CCC(C2=NC(C(=O)Nc3ccccc3-c3ccc(OC(F)(F)F)cc3)=CC2)CC1. The summed E-state index contributed by atoms with van der Waals surface area (Å²) < 4.78 is 41.3. The molecule has 6 nitrogen and oxygen atoms in total. The zero-order valence-electron chi connectivity index (χ0n) is 20.1. The van der Waals surface area contributed by atoms with Crippen molar-refractivity contribution in [2.24, 2.45) is 10.9 Å². The largest absolute Gasteiger partial charge is 0.573 e. The van der Waals surface area contributed by atoms with Crippen molar-refractivity contribution in [3.63, 3.8) is 0 Å². The van der Waals surface area contributed by atoms with Gasteiger partial charge in [-0.15, -0.1) is 25.5 Å². The molecule has 0 spiro atoms. The van der Waals surface area contributed by atoms with Gasteiger partial charge in [0.2, 0.25) is 5.91 Å². The molecule has 0 saturated carbocycles. The van der Waals surface area contributed by atoms with Gasteiger partial charge in [-0.05, 0) is 42.7 Å².